The van der Waals surface area contributed by atoms with Crippen LogP contribution in [-0.4, -0.2) is 29.6 Å². The third-order valence-corrected chi connectivity index (χ3v) is 6.02. The van der Waals surface area contributed by atoms with E-state index in [1.54, 1.807) is 30.3 Å². The molecule has 0 spiro atoms. The summed E-state index contributed by atoms with van der Waals surface area (Å²) in [5.41, 5.74) is 2.03. The molecule has 9 heteroatoms. The van der Waals surface area contributed by atoms with E-state index in [0.717, 1.165) is 18.4 Å². The summed E-state index contributed by atoms with van der Waals surface area (Å²) < 4.78 is 64.0. The highest BCUT2D eigenvalue weighted by Gasteiger charge is 2.30. The summed E-state index contributed by atoms with van der Waals surface area (Å²) in [7, 11) is -3.38. The van der Waals surface area contributed by atoms with Crippen molar-refractivity contribution in [3.63, 3.8) is 0 Å². The second kappa shape index (κ2) is 7.83. The van der Waals surface area contributed by atoms with Crippen molar-refractivity contribution in [1.82, 2.24) is 9.78 Å². The second-order valence-corrected chi connectivity index (χ2v) is 9.23. The fourth-order valence-electron chi connectivity index (χ4n) is 3.22. The minimum Gasteiger partial charge on any atom is -0.508 e. The van der Waals surface area contributed by atoms with E-state index in [0.29, 0.717) is 28.2 Å². The number of nitrogens with zero attached hydrogens (tertiary/aromatic N) is 2. The molecular formula is C23H17F3N2O3S. The molecular weight excluding hydrogens is 441 g/mol. The van der Waals surface area contributed by atoms with E-state index < -0.39 is 21.6 Å². The number of rotatable bonds is 4. The van der Waals surface area contributed by atoms with Crippen LogP contribution in [0.3, 0.4) is 0 Å². The number of sulfone groups is 1. The molecule has 1 heterocycles. The number of phenolic OH excluding ortho intramolecular Hbond substituents is 1. The predicted octanol–water partition coefficient (Wildman–Crippen LogP) is 5.33. The Kier molecular flexibility index (Phi) is 5.29. The number of alkyl halides is 3. The molecule has 0 unspecified atom stereocenters. The Bertz CT molecular complexity index is 1360. The number of halogens is 3. The van der Waals surface area contributed by atoms with Gasteiger partial charge in [-0.25, -0.2) is 13.1 Å². The number of aromatic nitrogens is 2. The molecule has 4 rings (SSSR count). The van der Waals surface area contributed by atoms with Gasteiger partial charge in [0, 0.05) is 17.4 Å². The molecule has 0 aliphatic rings. The average Bonchev–Trinajstić information content (AvgIpc) is 3.19. The van der Waals surface area contributed by atoms with Gasteiger partial charge in [-0.15, -0.1) is 0 Å². The van der Waals surface area contributed by atoms with Gasteiger partial charge in [-0.05, 0) is 66.7 Å². The highest BCUT2D eigenvalue weighted by Crippen LogP contribution is 2.33. The Morgan fingerprint density at radius 2 is 1.41 bits per heavy atom. The number of hydrogen-bond donors (Lipinski definition) is 1. The Labute approximate surface area is 182 Å². The van der Waals surface area contributed by atoms with Crippen LogP contribution >= 0.6 is 0 Å². The van der Waals surface area contributed by atoms with Crippen molar-refractivity contribution in [2.75, 3.05) is 6.26 Å². The zero-order valence-electron chi connectivity index (χ0n) is 16.7. The van der Waals surface area contributed by atoms with Crippen molar-refractivity contribution in [2.45, 2.75) is 11.1 Å². The van der Waals surface area contributed by atoms with Crippen LogP contribution in [0.25, 0.3) is 28.2 Å². The molecule has 4 aromatic rings. The molecule has 0 radical (unpaired) electrons. The Balaban J connectivity index is 1.85. The zero-order valence-corrected chi connectivity index (χ0v) is 17.5. The van der Waals surface area contributed by atoms with Crippen LogP contribution in [0, 0.1) is 0 Å². The van der Waals surface area contributed by atoms with Crippen molar-refractivity contribution in [1.29, 1.82) is 0 Å². The van der Waals surface area contributed by atoms with Gasteiger partial charge in [0.05, 0.1) is 27.5 Å². The maximum atomic E-state index is 13.0. The van der Waals surface area contributed by atoms with Crippen LogP contribution in [0.5, 0.6) is 5.75 Å². The fourth-order valence-corrected chi connectivity index (χ4v) is 3.85. The van der Waals surface area contributed by atoms with Crippen LogP contribution in [-0.2, 0) is 16.0 Å². The van der Waals surface area contributed by atoms with Crippen LogP contribution in [0.4, 0.5) is 13.2 Å². The SMILES string of the molecule is CS(=O)(=O)c1ccc(-n2nc(-c3ccc(O)cc3)cc2-c2ccc(C(F)(F)F)cc2)cc1. The minimum absolute atomic E-state index is 0.0903. The molecule has 3 aromatic carbocycles. The van der Waals surface area contributed by atoms with Crippen molar-refractivity contribution in [2.24, 2.45) is 0 Å². The first-order chi connectivity index (χ1) is 15.0. The summed E-state index contributed by atoms with van der Waals surface area (Å²) >= 11 is 0. The second-order valence-electron chi connectivity index (χ2n) is 7.21. The lowest BCUT2D eigenvalue weighted by molar-refractivity contribution is -0.137. The fraction of sp³-hybridized carbons (Fsp3) is 0.0870. The molecule has 0 amide bonds. The highest BCUT2D eigenvalue weighted by atomic mass is 32.2. The third kappa shape index (κ3) is 4.38. The maximum Gasteiger partial charge on any atom is 0.416 e. The van der Waals surface area contributed by atoms with Crippen LogP contribution in [0.15, 0.2) is 83.8 Å². The van der Waals surface area contributed by atoms with Gasteiger partial charge in [0.25, 0.3) is 0 Å². The van der Waals surface area contributed by atoms with Crippen molar-refractivity contribution in [3.05, 3.63) is 84.4 Å². The van der Waals surface area contributed by atoms with Crippen molar-refractivity contribution < 1.29 is 26.7 Å². The van der Waals surface area contributed by atoms with E-state index in [2.05, 4.69) is 5.10 Å². The first-order valence-electron chi connectivity index (χ1n) is 9.40. The minimum atomic E-state index is -4.45. The summed E-state index contributed by atoms with van der Waals surface area (Å²) in [5, 5.41) is 14.1. The summed E-state index contributed by atoms with van der Waals surface area (Å²) in [4.78, 5) is 0.142. The van der Waals surface area contributed by atoms with Gasteiger partial charge in [-0.2, -0.15) is 18.3 Å². The van der Waals surface area contributed by atoms with Gasteiger partial charge in [-0.3, -0.25) is 0 Å². The summed E-state index contributed by atoms with van der Waals surface area (Å²) in [6.07, 6.45) is -3.34. The molecule has 0 aliphatic carbocycles. The average molecular weight is 458 g/mol. The molecule has 0 atom stereocenters. The number of benzene rings is 3. The lowest BCUT2D eigenvalue weighted by atomic mass is 10.1. The van der Waals surface area contributed by atoms with E-state index in [1.165, 1.54) is 41.1 Å². The largest absolute Gasteiger partial charge is 0.508 e. The van der Waals surface area contributed by atoms with Gasteiger partial charge in [-0.1, -0.05) is 12.1 Å². The topological polar surface area (TPSA) is 72.2 Å². The summed E-state index contributed by atoms with van der Waals surface area (Å²) in [6, 6.07) is 18.9. The van der Waals surface area contributed by atoms with Gasteiger partial charge >= 0.3 is 6.18 Å². The van der Waals surface area contributed by atoms with Crippen LogP contribution < -0.4 is 0 Å². The Morgan fingerprint density at radius 3 is 1.94 bits per heavy atom. The van der Waals surface area contributed by atoms with E-state index in [-0.39, 0.29) is 10.6 Å². The molecule has 32 heavy (non-hydrogen) atoms. The molecule has 0 saturated heterocycles. The summed E-state index contributed by atoms with van der Waals surface area (Å²) in [6.45, 7) is 0. The van der Waals surface area contributed by atoms with Gasteiger partial charge in [0.15, 0.2) is 9.84 Å². The first-order valence-corrected chi connectivity index (χ1v) is 11.3. The molecule has 5 nitrogen and oxygen atoms in total. The zero-order chi connectivity index (χ0) is 23.1. The van der Waals surface area contributed by atoms with Gasteiger partial charge in [0.1, 0.15) is 5.75 Å². The summed E-state index contributed by atoms with van der Waals surface area (Å²) in [5.74, 6) is 0.0903. The van der Waals surface area contributed by atoms with Crippen molar-refractivity contribution in [3.8, 4) is 34.0 Å². The first kappa shape index (κ1) is 21.6. The van der Waals surface area contributed by atoms with Crippen LogP contribution in [0.2, 0.25) is 0 Å². The molecule has 0 bridgehead atoms. The molecule has 164 valence electrons. The van der Waals surface area contributed by atoms with E-state index in [1.807, 2.05) is 0 Å². The normalized spacial score (nSPS) is 12.1. The quantitative estimate of drug-likeness (QED) is 0.449. The van der Waals surface area contributed by atoms with Crippen LogP contribution in [0.1, 0.15) is 5.56 Å². The standard InChI is InChI=1S/C23H17F3N2O3S/c1-32(30,31)20-12-8-18(9-13-20)28-22(16-2-6-17(7-3-16)23(24,25)26)14-21(27-28)15-4-10-19(29)11-5-15/h2-14,29H,1H3. The molecule has 1 N–H and O–H groups in total. The lowest BCUT2D eigenvalue weighted by Crippen LogP contribution is -2.05. The number of hydrogen-bond acceptors (Lipinski definition) is 4. The Morgan fingerprint density at radius 1 is 0.844 bits per heavy atom. The number of aromatic hydroxyl groups is 1. The third-order valence-electron chi connectivity index (χ3n) is 4.89. The highest BCUT2D eigenvalue weighted by molar-refractivity contribution is 7.90. The lowest BCUT2D eigenvalue weighted by Gasteiger charge is -2.10. The van der Waals surface area contributed by atoms with E-state index in [4.69, 9.17) is 0 Å². The number of phenols is 1. The molecule has 1 aromatic heterocycles. The predicted molar refractivity (Wildman–Crippen MR) is 114 cm³/mol. The molecule has 0 aliphatic heterocycles. The Hall–Kier alpha value is -3.59. The molecule has 0 fully saturated rings. The smallest absolute Gasteiger partial charge is 0.416 e. The van der Waals surface area contributed by atoms with Gasteiger partial charge in [0.2, 0.25) is 0 Å². The maximum absolute atomic E-state index is 13.0. The molecule has 0 saturated carbocycles. The van der Waals surface area contributed by atoms with Crippen molar-refractivity contribution >= 4 is 9.84 Å². The van der Waals surface area contributed by atoms with E-state index in [9.17, 15) is 26.7 Å². The monoisotopic (exact) mass is 458 g/mol. The van der Waals surface area contributed by atoms with E-state index >= 15 is 0 Å². The van der Waals surface area contributed by atoms with Gasteiger partial charge < -0.3 is 5.11 Å².